The molecular formula is C11H12ClN3O. The highest BCUT2D eigenvalue weighted by molar-refractivity contribution is 6.33. The number of nitrogens with two attached hydrogens (primary N) is 1. The number of rotatable bonds is 3. The maximum absolute atomic E-state index is 5.87. The molecule has 0 aliphatic rings. The summed E-state index contributed by atoms with van der Waals surface area (Å²) < 4.78 is 7.26. The molecule has 0 unspecified atom stereocenters. The average Bonchev–Trinajstić information content (AvgIpc) is 2.66. The Kier molecular flexibility index (Phi) is 3.01. The van der Waals surface area contributed by atoms with Gasteiger partial charge in [-0.3, -0.25) is 4.68 Å². The highest BCUT2D eigenvalue weighted by Gasteiger charge is 2.01. The van der Waals surface area contributed by atoms with Crippen molar-refractivity contribution in [3.63, 3.8) is 0 Å². The maximum atomic E-state index is 5.87. The van der Waals surface area contributed by atoms with Crippen molar-refractivity contribution in [2.75, 3.05) is 5.73 Å². The molecule has 0 radical (unpaired) electrons. The molecule has 4 nitrogen and oxygen atoms in total. The second-order valence-corrected chi connectivity index (χ2v) is 3.86. The lowest BCUT2D eigenvalue weighted by atomic mass is 10.3. The zero-order chi connectivity index (χ0) is 11.5. The van der Waals surface area contributed by atoms with Gasteiger partial charge in [0, 0.05) is 19.3 Å². The topological polar surface area (TPSA) is 53.1 Å². The lowest BCUT2D eigenvalue weighted by Crippen LogP contribution is -1.98. The molecule has 0 saturated carbocycles. The van der Waals surface area contributed by atoms with E-state index in [4.69, 9.17) is 22.1 Å². The standard InChI is InChI=1S/C11H12ClN3O/c1-15-5-4-8(14-15)7-16-9-2-3-11(13)10(12)6-9/h2-6H,7,13H2,1H3. The van der Waals surface area contributed by atoms with E-state index in [-0.39, 0.29) is 0 Å². The number of anilines is 1. The number of aromatic nitrogens is 2. The van der Waals surface area contributed by atoms with Gasteiger partial charge in [0.2, 0.25) is 0 Å². The lowest BCUT2D eigenvalue weighted by Gasteiger charge is -2.05. The molecule has 0 spiro atoms. The van der Waals surface area contributed by atoms with Crippen LogP contribution in [-0.4, -0.2) is 9.78 Å². The molecule has 0 saturated heterocycles. The lowest BCUT2D eigenvalue weighted by molar-refractivity contribution is 0.300. The van der Waals surface area contributed by atoms with Gasteiger partial charge in [0.25, 0.3) is 0 Å². The van der Waals surface area contributed by atoms with Crippen LogP contribution in [0.15, 0.2) is 30.5 Å². The molecular weight excluding hydrogens is 226 g/mol. The highest BCUT2D eigenvalue weighted by atomic mass is 35.5. The van der Waals surface area contributed by atoms with E-state index in [0.29, 0.717) is 23.1 Å². The molecule has 1 heterocycles. The van der Waals surface area contributed by atoms with Gasteiger partial charge in [0.05, 0.1) is 16.4 Å². The first-order valence-corrected chi connectivity index (χ1v) is 5.19. The number of nitrogen functional groups attached to an aromatic ring is 1. The van der Waals surface area contributed by atoms with Gasteiger partial charge in [0.15, 0.2) is 0 Å². The summed E-state index contributed by atoms with van der Waals surface area (Å²) in [4.78, 5) is 0. The van der Waals surface area contributed by atoms with Crippen LogP contribution in [0.25, 0.3) is 0 Å². The first-order chi connectivity index (χ1) is 7.65. The minimum Gasteiger partial charge on any atom is -0.487 e. The fourth-order valence-electron chi connectivity index (χ4n) is 1.30. The second-order valence-electron chi connectivity index (χ2n) is 3.45. The highest BCUT2D eigenvalue weighted by Crippen LogP contribution is 2.24. The van der Waals surface area contributed by atoms with Crippen LogP contribution >= 0.6 is 11.6 Å². The number of aryl methyl sites for hydroxylation is 1. The molecule has 1 aromatic heterocycles. The number of nitrogens with zero attached hydrogens (tertiary/aromatic N) is 2. The largest absolute Gasteiger partial charge is 0.487 e. The normalized spacial score (nSPS) is 10.4. The zero-order valence-corrected chi connectivity index (χ0v) is 9.61. The Hall–Kier alpha value is -1.68. The van der Waals surface area contributed by atoms with Crippen molar-refractivity contribution in [1.82, 2.24) is 9.78 Å². The van der Waals surface area contributed by atoms with E-state index in [1.54, 1.807) is 22.9 Å². The summed E-state index contributed by atoms with van der Waals surface area (Å²) in [5, 5.41) is 4.70. The predicted octanol–water partition coefficient (Wildman–Crippen LogP) is 2.23. The van der Waals surface area contributed by atoms with Gasteiger partial charge < -0.3 is 10.5 Å². The van der Waals surface area contributed by atoms with Gasteiger partial charge >= 0.3 is 0 Å². The third kappa shape index (κ3) is 2.46. The Bertz CT molecular complexity index is 496. The third-order valence-corrected chi connectivity index (χ3v) is 2.45. The molecule has 0 aliphatic carbocycles. The van der Waals surface area contributed by atoms with Crippen LogP contribution in [0.1, 0.15) is 5.69 Å². The molecule has 16 heavy (non-hydrogen) atoms. The molecule has 0 atom stereocenters. The number of hydrogen-bond acceptors (Lipinski definition) is 3. The Balaban J connectivity index is 2.02. The molecule has 1 aromatic carbocycles. The molecule has 5 heteroatoms. The predicted molar refractivity (Wildman–Crippen MR) is 63.4 cm³/mol. The molecule has 0 fully saturated rings. The van der Waals surface area contributed by atoms with Gasteiger partial charge in [-0.1, -0.05) is 11.6 Å². The summed E-state index contributed by atoms with van der Waals surface area (Å²) in [5.41, 5.74) is 7.01. The van der Waals surface area contributed by atoms with Crippen LogP contribution in [0, 0.1) is 0 Å². The number of halogens is 1. The number of benzene rings is 1. The maximum Gasteiger partial charge on any atom is 0.132 e. The Morgan fingerprint density at radius 1 is 1.44 bits per heavy atom. The summed E-state index contributed by atoms with van der Waals surface area (Å²) >= 11 is 5.87. The minimum absolute atomic E-state index is 0.418. The van der Waals surface area contributed by atoms with Crippen LogP contribution in [0.3, 0.4) is 0 Å². The summed E-state index contributed by atoms with van der Waals surface area (Å²) in [5.74, 6) is 0.685. The summed E-state index contributed by atoms with van der Waals surface area (Å²) in [7, 11) is 1.86. The van der Waals surface area contributed by atoms with Gasteiger partial charge in [-0.25, -0.2) is 0 Å². The van der Waals surface area contributed by atoms with Crippen LogP contribution in [0.2, 0.25) is 5.02 Å². The van der Waals surface area contributed by atoms with Crippen molar-refractivity contribution in [3.8, 4) is 5.75 Å². The molecule has 84 valence electrons. The molecule has 0 amide bonds. The molecule has 2 N–H and O–H groups in total. The fourth-order valence-corrected chi connectivity index (χ4v) is 1.47. The Labute approximate surface area is 98.6 Å². The third-order valence-electron chi connectivity index (χ3n) is 2.13. The van der Waals surface area contributed by atoms with Gasteiger partial charge in [0.1, 0.15) is 12.4 Å². The van der Waals surface area contributed by atoms with Crippen LogP contribution in [0.4, 0.5) is 5.69 Å². The SMILES string of the molecule is Cn1ccc(COc2ccc(N)c(Cl)c2)n1. The quantitative estimate of drug-likeness (QED) is 0.833. The summed E-state index contributed by atoms with van der Waals surface area (Å²) in [6.45, 7) is 0.418. The van der Waals surface area contributed by atoms with Gasteiger partial charge in [-0.2, -0.15) is 5.10 Å². The monoisotopic (exact) mass is 237 g/mol. The van der Waals surface area contributed by atoms with Crippen molar-refractivity contribution in [3.05, 3.63) is 41.2 Å². The Morgan fingerprint density at radius 3 is 2.88 bits per heavy atom. The Morgan fingerprint density at radius 2 is 2.25 bits per heavy atom. The van der Waals surface area contributed by atoms with Gasteiger partial charge in [-0.05, 0) is 18.2 Å². The molecule has 0 aliphatic heterocycles. The minimum atomic E-state index is 0.418. The van der Waals surface area contributed by atoms with Crippen molar-refractivity contribution >= 4 is 17.3 Å². The van der Waals surface area contributed by atoms with E-state index in [9.17, 15) is 0 Å². The molecule has 2 aromatic rings. The smallest absolute Gasteiger partial charge is 0.132 e. The fraction of sp³-hybridized carbons (Fsp3) is 0.182. The molecule has 0 bridgehead atoms. The zero-order valence-electron chi connectivity index (χ0n) is 8.85. The van der Waals surface area contributed by atoms with E-state index in [0.717, 1.165) is 5.69 Å². The van der Waals surface area contributed by atoms with Crippen LogP contribution in [0.5, 0.6) is 5.75 Å². The van der Waals surface area contributed by atoms with Crippen LogP contribution in [-0.2, 0) is 13.7 Å². The average molecular weight is 238 g/mol. The summed E-state index contributed by atoms with van der Waals surface area (Å²) in [6.07, 6.45) is 1.87. The number of hydrogen-bond donors (Lipinski definition) is 1. The first kappa shape index (κ1) is 10.8. The van der Waals surface area contributed by atoms with Crippen molar-refractivity contribution in [2.24, 2.45) is 7.05 Å². The summed E-state index contributed by atoms with van der Waals surface area (Å²) in [6, 6.07) is 7.10. The van der Waals surface area contributed by atoms with Crippen molar-refractivity contribution in [1.29, 1.82) is 0 Å². The van der Waals surface area contributed by atoms with E-state index < -0.39 is 0 Å². The van der Waals surface area contributed by atoms with E-state index in [1.165, 1.54) is 0 Å². The second kappa shape index (κ2) is 4.45. The van der Waals surface area contributed by atoms with Crippen molar-refractivity contribution in [2.45, 2.75) is 6.61 Å². The van der Waals surface area contributed by atoms with E-state index in [1.807, 2.05) is 19.3 Å². The van der Waals surface area contributed by atoms with Crippen molar-refractivity contribution < 1.29 is 4.74 Å². The molecule has 2 rings (SSSR count). The van der Waals surface area contributed by atoms with Gasteiger partial charge in [-0.15, -0.1) is 0 Å². The van der Waals surface area contributed by atoms with E-state index in [2.05, 4.69) is 5.10 Å². The van der Waals surface area contributed by atoms with Crippen LogP contribution < -0.4 is 10.5 Å². The first-order valence-electron chi connectivity index (χ1n) is 4.81. The number of ether oxygens (including phenoxy) is 1. The van der Waals surface area contributed by atoms with E-state index >= 15 is 0 Å².